The molecule has 1 aliphatic heterocycles. The Morgan fingerprint density at radius 2 is 2.00 bits per heavy atom. The van der Waals surface area contributed by atoms with Gasteiger partial charge < -0.3 is 4.90 Å². The van der Waals surface area contributed by atoms with Crippen molar-refractivity contribution in [2.24, 2.45) is 0 Å². The van der Waals surface area contributed by atoms with E-state index in [1.807, 2.05) is 0 Å². The molecule has 0 spiro atoms. The summed E-state index contributed by atoms with van der Waals surface area (Å²) < 4.78 is 37.2. The first-order valence-corrected chi connectivity index (χ1v) is 4.88. The number of hydrogen-bond donors (Lipinski definition) is 1. The quantitative estimate of drug-likeness (QED) is 0.822. The van der Waals surface area contributed by atoms with E-state index >= 15 is 0 Å². The fourth-order valence-electron chi connectivity index (χ4n) is 1.90. The van der Waals surface area contributed by atoms with Crippen LogP contribution in [0, 0.1) is 12.3 Å². The molecule has 0 unspecified atom stereocenters. The highest BCUT2D eigenvalue weighted by atomic mass is 19.4. The third-order valence-electron chi connectivity index (χ3n) is 2.57. The summed E-state index contributed by atoms with van der Waals surface area (Å²) in [5, 5.41) is 7.45. The fourth-order valence-corrected chi connectivity index (χ4v) is 1.90. The Morgan fingerprint density at radius 3 is 2.59 bits per heavy atom. The van der Waals surface area contributed by atoms with Crippen LogP contribution in [-0.2, 0) is 0 Å². The Balaban J connectivity index is 2.51. The molecule has 0 fully saturated rings. The Kier molecular flexibility index (Phi) is 2.45. The average Bonchev–Trinajstić information content (AvgIpc) is 2.43. The first-order chi connectivity index (χ1) is 7.81. The van der Waals surface area contributed by atoms with Gasteiger partial charge in [0.1, 0.15) is 6.54 Å². The number of nitrogens with one attached hydrogen (secondary N) is 1. The van der Waals surface area contributed by atoms with Crippen LogP contribution in [0.25, 0.3) is 0 Å². The third kappa shape index (κ3) is 1.90. The molecular formula is C11H9F3N2O. The number of benzene rings is 1. The zero-order valence-electron chi connectivity index (χ0n) is 8.93. The Hall–Kier alpha value is -1.85. The summed E-state index contributed by atoms with van der Waals surface area (Å²) in [6.45, 7) is 0.309. The number of halogens is 3. The molecule has 90 valence electrons. The maximum absolute atomic E-state index is 12.4. The predicted octanol–water partition coefficient (Wildman–Crippen LogP) is 2.54. The molecule has 0 aromatic heterocycles. The number of aryl methyl sites for hydroxylation is 1. The molecule has 0 atom stereocenters. The van der Waals surface area contributed by atoms with Crippen molar-refractivity contribution in [3.05, 3.63) is 29.3 Å². The lowest BCUT2D eigenvalue weighted by Gasteiger charge is -2.21. The minimum Gasteiger partial charge on any atom is -0.313 e. The van der Waals surface area contributed by atoms with Crippen LogP contribution in [0.1, 0.15) is 15.9 Å². The van der Waals surface area contributed by atoms with E-state index in [9.17, 15) is 18.0 Å². The summed E-state index contributed by atoms with van der Waals surface area (Å²) >= 11 is 0. The van der Waals surface area contributed by atoms with Crippen molar-refractivity contribution in [3.8, 4) is 0 Å². The summed E-state index contributed by atoms with van der Waals surface area (Å²) in [4.78, 5) is 12.3. The molecule has 1 heterocycles. The van der Waals surface area contributed by atoms with Crippen molar-refractivity contribution >= 4 is 17.3 Å². The van der Waals surface area contributed by atoms with Crippen LogP contribution in [0.4, 0.5) is 18.9 Å². The van der Waals surface area contributed by atoms with Crippen LogP contribution in [0.5, 0.6) is 0 Å². The van der Waals surface area contributed by atoms with E-state index in [-0.39, 0.29) is 11.3 Å². The minimum atomic E-state index is -4.45. The molecule has 0 saturated heterocycles. The SMILES string of the molecule is Cc1cccc2c1N(CC(F)(F)F)C(=N)C2=O. The van der Waals surface area contributed by atoms with E-state index in [1.54, 1.807) is 19.1 Å². The van der Waals surface area contributed by atoms with E-state index in [0.717, 1.165) is 0 Å². The predicted molar refractivity (Wildman–Crippen MR) is 56.6 cm³/mol. The molecule has 0 saturated carbocycles. The zero-order chi connectivity index (χ0) is 12.8. The maximum atomic E-state index is 12.4. The smallest absolute Gasteiger partial charge is 0.313 e. The van der Waals surface area contributed by atoms with E-state index in [4.69, 9.17) is 5.41 Å². The number of hydrogen-bond acceptors (Lipinski definition) is 2. The number of anilines is 1. The van der Waals surface area contributed by atoms with Crippen LogP contribution < -0.4 is 4.90 Å². The number of carbonyl (C=O) groups is 1. The molecular weight excluding hydrogens is 233 g/mol. The van der Waals surface area contributed by atoms with Gasteiger partial charge in [0, 0.05) is 5.56 Å². The topological polar surface area (TPSA) is 44.2 Å². The molecule has 17 heavy (non-hydrogen) atoms. The van der Waals surface area contributed by atoms with Crippen molar-refractivity contribution in [1.29, 1.82) is 5.41 Å². The highest BCUT2D eigenvalue weighted by Crippen LogP contribution is 2.34. The largest absolute Gasteiger partial charge is 0.406 e. The first-order valence-electron chi connectivity index (χ1n) is 4.88. The van der Waals surface area contributed by atoms with Crippen LogP contribution in [-0.4, -0.2) is 24.3 Å². The maximum Gasteiger partial charge on any atom is 0.406 e. The molecule has 0 radical (unpaired) electrons. The summed E-state index contributed by atoms with van der Waals surface area (Å²) in [5.41, 5.74) is 0.918. The van der Waals surface area contributed by atoms with E-state index in [1.165, 1.54) is 6.07 Å². The zero-order valence-corrected chi connectivity index (χ0v) is 8.93. The standard InChI is InChI=1S/C11H9F3N2O/c1-6-3-2-4-7-8(6)16(5-11(12,13)14)10(15)9(7)17/h2-4,15H,5H2,1H3. The normalized spacial score (nSPS) is 15.4. The van der Waals surface area contributed by atoms with Gasteiger partial charge in [-0.3, -0.25) is 10.2 Å². The van der Waals surface area contributed by atoms with Gasteiger partial charge in [0.15, 0.2) is 5.84 Å². The molecule has 1 N–H and O–H groups in total. The first kappa shape index (κ1) is 11.6. The second kappa shape index (κ2) is 3.58. The highest BCUT2D eigenvalue weighted by Gasteiger charge is 2.40. The molecule has 0 bridgehead atoms. The molecule has 6 heteroatoms. The van der Waals surface area contributed by atoms with Crippen molar-refractivity contribution in [2.45, 2.75) is 13.1 Å². The van der Waals surface area contributed by atoms with Gasteiger partial charge >= 0.3 is 6.18 Å². The lowest BCUT2D eigenvalue weighted by molar-refractivity contribution is -0.117. The number of Topliss-reactive ketones (excluding diaryl/α,β-unsaturated/α-hetero) is 1. The minimum absolute atomic E-state index is 0.166. The van der Waals surface area contributed by atoms with Gasteiger partial charge in [-0.2, -0.15) is 13.2 Å². The Labute approximate surface area is 95.4 Å². The fraction of sp³-hybridized carbons (Fsp3) is 0.273. The molecule has 0 amide bonds. The van der Waals surface area contributed by atoms with Crippen LogP contribution in [0.3, 0.4) is 0 Å². The van der Waals surface area contributed by atoms with Crippen molar-refractivity contribution in [3.63, 3.8) is 0 Å². The Bertz CT molecular complexity index is 508. The molecule has 0 aliphatic carbocycles. The Morgan fingerprint density at radius 1 is 1.35 bits per heavy atom. The lowest BCUT2D eigenvalue weighted by Crippen LogP contribution is -2.37. The number of amidine groups is 1. The highest BCUT2D eigenvalue weighted by molar-refractivity contribution is 6.53. The van der Waals surface area contributed by atoms with Gasteiger partial charge in [0.2, 0.25) is 5.78 Å². The second-order valence-electron chi connectivity index (χ2n) is 3.85. The molecule has 3 nitrogen and oxygen atoms in total. The molecule has 1 aromatic rings. The number of para-hydroxylation sites is 1. The van der Waals surface area contributed by atoms with E-state index < -0.39 is 24.3 Å². The molecule has 2 rings (SSSR count). The van der Waals surface area contributed by atoms with Crippen molar-refractivity contribution < 1.29 is 18.0 Å². The summed E-state index contributed by atoms with van der Waals surface area (Å²) in [6, 6.07) is 4.65. The van der Waals surface area contributed by atoms with Crippen LogP contribution >= 0.6 is 0 Å². The van der Waals surface area contributed by atoms with Gasteiger partial charge in [-0.05, 0) is 18.6 Å². The number of alkyl halides is 3. The van der Waals surface area contributed by atoms with Gasteiger partial charge in [0.25, 0.3) is 0 Å². The second-order valence-corrected chi connectivity index (χ2v) is 3.85. The van der Waals surface area contributed by atoms with Crippen molar-refractivity contribution in [1.82, 2.24) is 0 Å². The van der Waals surface area contributed by atoms with E-state index in [2.05, 4.69) is 0 Å². The van der Waals surface area contributed by atoms with Crippen LogP contribution in [0.2, 0.25) is 0 Å². The average molecular weight is 242 g/mol. The summed E-state index contributed by atoms with van der Waals surface area (Å²) in [6.07, 6.45) is -4.45. The summed E-state index contributed by atoms with van der Waals surface area (Å²) in [7, 11) is 0. The number of ketones is 1. The third-order valence-corrected chi connectivity index (χ3v) is 2.57. The number of nitrogens with zero attached hydrogens (tertiary/aromatic N) is 1. The number of carbonyl (C=O) groups excluding carboxylic acids is 1. The van der Waals surface area contributed by atoms with Gasteiger partial charge in [-0.15, -0.1) is 0 Å². The van der Waals surface area contributed by atoms with Crippen molar-refractivity contribution in [2.75, 3.05) is 11.4 Å². The lowest BCUT2D eigenvalue weighted by atomic mass is 10.1. The van der Waals surface area contributed by atoms with Gasteiger partial charge in [-0.25, -0.2) is 0 Å². The van der Waals surface area contributed by atoms with Gasteiger partial charge in [-0.1, -0.05) is 12.1 Å². The molecule has 1 aliphatic rings. The number of fused-ring (bicyclic) bond motifs is 1. The van der Waals surface area contributed by atoms with E-state index in [0.29, 0.717) is 10.5 Å². The monoisotopic (exact) mass is 242 g/mol. The molecule has 1 aromatic carbocycles. The van der Waals surface area contributed by atoms with Gasteiger partial charge in [0.05, 0.1) is 5.69 Å². The van der Waals surface area contributed by atoms with Crippen LogP contribution in [0.15, 0.2) is 18.2 Å². The summed E-state index contributed by atoms with van der Waals surface area (Å²) in [5.74, 6) is -1.28. The number of rotatable bonds is 1.